The molecule has 4 nitrogen and oxygen atoms in total. The summed E-state index contributed by atoms with van der Waals surface area (Å²) in [6, 6.07) is 18.7. The fourth-order valence-corrected chi connectivity index (χ4v) is 3.43. The van der Waals surface area contributed by atoms with Crippen LogP contribution in [0.3, 0.4) is 0 Å². The zero-order valence-electron chi connectivity index (χ0n) is 19.4. The van der Waals surface area contributed by atoms with E-state index in [0.29, 0.717) is 33.8 Å². The Bertz CT molecular complexity index is 1310. The van der Waals surface area contributed by atoms with Gasteiger partial charge in [-0.15, -0.1) is 26.3 Å². The number of ether oxygens (including phenoxy) is 4. The second-order valence-corrected chi connectivity index (χ2v) is 7.84. The molecule has 0 aliphatic heterocycles. The highest BCUT2D eigenvalue weighted by Gasteiger charge is 2.33. The van der Waals surface area contributed by atoms with Crippen molar-refractivity contribution in [3.05, 3.63) is 96.6 Å². The zero-order chi connectivity index (χ0) is 28.2. The van der Waals surface area contributed by atoms with Gasteiger partial charge < -0.3 is 18.9 Å². The van der Waals surface area contributed by atoms with Gasteiger partial charge in [-0.2, -0.15) is 0 Å². The molecule has 0 heterocycles. The van der Waals surface area contributed by atoms with E-state index in [1.807, 2.05) is 0 Å². The van der Waals surface area contributed by atoms with Gasteiger partial charge >= 0.3 is 12.7 Å². The predicted molar refractivity (Wildman–Crippen MR) is 123 cm³/mol. The summed E-state index contributed by atoms with van der Waals surface area (Å²) in [5.74, 6) is -3.41. The Balaban J connectivity index is 1.31. The molecular formula is C27H16F8O4. The maximum atomic E-state index is 14.0. The molecule has 0 amide bonds. The molecular weight excluding hydrogens is 540 g/mol. The molecule has 0 N–H and O–H groups in total. The van der Waals surface area contributed by atoms with E-state index in [2.05, 4.69) is 9.47 Å². The third-order valence-electron chi connectivity index (χ3n) is 5.14. The summed E-state index contributed by atoms with van der Waals surface area (Å²) in [6.45, 7) is -0.199. The fourth-order valence-electron chi connectivity index (χ4n) is 3.43. The van der Waals surface area contributed by atoms with Crippen LogP contribution in [0.1, 0.15) is 0 Å². The second kappa shape index (κ2) is 11.1. The van der Waals surface area contributed by atoms with Gasteiger partial charge in [0.1, 0.15) is 11.5 Å². The van der Waals surface area contributed by atoms with E-state index in [4.69, 9.17) is 9.47 Å². The van der Waals surface area contributed by atoms with Crippen molar-refractivity contribution in [2.45, 2.75) is 12.7 Å². The first-order valence-electron chi connectivity index (χ1n) is 10.9. The lowest BCUT2D eigenvalue weighted by Gasteiger charge is -2.12. The molecule has 0 fully saturated rings. The molecule has 0 aromatic heterocycles. The number of halogens is 8. The number of hydrogen-bond acceptors (Lipinski definition) is 4. The van der Waals surface area contributed by atoms with Crippen LogP contribution in [0.5, 0.6) is 23.0 Å². The fraction of sp³-hybridized carbons (Fsp3) is 0.111. The summed E-state index contributed by atoms with van der Waals surface area (Å²) in [5, 5.41) is 0. The Morgan fingerprint density at radius 1 is 0.462 bits per heavy atom. The van der Waals surface area contributed by atoms with Crippen molar-refractivity contribution < 1.29 is 54.1 Å². The lowest BCUT2D eigenvalue weighted by Crippen LogP contribution is -2.17. The molecule has 0 unspecified atom stereocenters. The van der Waals surface area contributed by atoms with Crippen LogP contribution >= 0.6 is 0 Å². The van der Waals surface area contributed by atoms with Crippen molar-refractivity contribution in [1.29, 1.82) is 0 Å². The van der Waals surface area contributed by atoms with E-state index in [1.54, 1.807) is 48.5 Å². The highest BCUT2D eigenvalue weighted by atomic mass is 19.4. The van der Waals surface area contributed by atoms with E-state index in [-0.39, 0.29) is 6.79 Å². The normalized spacial score (nSPS) is 11.7. The van der Waals surface area contributed by atoms with Crippen molar-refractivity contribution in [1.82, 2.24) is 0 Å². The average molecular weight is 556 g/mol. The minimum Gasteiger partial charge on any atom is -0.458 e. The van der Waals surface area contributed by atoms with Crippen molar-refractivity contribution in [3.63, 3.8) is 0 Å². The Labute approximate surface area is 215 Å². The SMILES string of the molecule is Fc1cc(-c2ccc(OCOc3ccc(-c4ccc(OC(F)(F)F)c(F)c4)cc3)cc2)ccc1OC(F)(F)F. The van der Waals surface area contributed by atoms with E-state index in [0.717, 1.165) is 24.3 Å². The van der Waals surface area contributed by atoms with Crippen LogP contribution in [0, 0.1) is 11.6 Å². The highest BCUT2D eigenvalue weighted by Crippen LogP contribution is 2.32. The van der Waals surface area contributed by atoms with Gasteiger partial charge in [-0.1, -0.05) is 36.4 Å². The summed E-state index contributed by atoms with van der Waals surface area (Å²) >= 11 is 0. The molecule has 0 atom stereocenters. The Kier molecular flexibility index (Phi) is 7.84. The molecule has 0 saturated carbocycles. The minimum absolute atomic E-state index is 0.199. The number of alkyl halides is 6. The van der Waals surface area contributed by atoms with Crippen LogP contribution in [0.2, 0.25) is 0 Å². The van der Waals surface area contributed by atoms with Crippen LogP contribution in [0.25, 0.3) is 22.3 Å². The van der Waals surface area contributed by atoms with Gasteiger partial charge in [0.25, 0.3) is 0 Å². The first kappa shape index (κ1) is 27.6. The van der Waals surface area contributed by atoms with Crippen LogP contribution in [-0.4, -0.2) is 19.5 Å². The smallest absolute Gasteiger partial charge is 0.458 e. The molecule has 0 bridgehead atoms. The summed E-state index contributed by atoms with van der Waals surface area (Å²) in [5.41, 5.74) is 1.69. The Morgan fingerprint density at radius 2 is 0.795 bits per heavy atom. The van der Waals surface area contributed by atoms with Crippen LogP contribution < -0.4 is 18.9 Å². The minimum atomic E-state index is -5.00. The molecule has 0 aliphatic carbocycles. The number of rotatable bonds is 8. The van der Waals surface area contributed by atoms with Gasteiger partial charge in [0.15, 0.2) is 23.1 Å². The van der Waals surface area contributed by atoms with E-state index >= 15 is 0 Å². The second-order valence-electron chi connectivity index (χ2n) is 7.84. The predicted octanol–water partition coefficient (Wildman–Crippen LogP) is 8.51. The van der Waals surface area contributed by atoms with Crippen molar-refractivity contribution >= 4 is 0 Å². The maximum Gasteiger partial charge on any atom is 0.573 e. The zero-order valence-corrected chi connectivity index (χ0v) is 19.4. The Hall–Kier alpha value is -4.48. The molecule has 4 aromatic carbocycles. The van der Waals surface area contributed by atoms with Gasteiger partial charge in [-0.3, -0.25) is 0 Å². The van der Waals surface area contributed by atoms with Crippen LogP contribution in [-0.2, 0) is 0 Å². The Morgan fingerprint density at radius 3 is 1.10 bits per heavy atom. The summed E-state index contributed by atoms with van der Waals surface area (Å²) in [4.78, 5) is 0. The van der Waals surface area contributed by atoms with Gasteiger partial charge in [0, 0.05) is 0 Å². The lowest BCUT2D eigenvalue weighted by atomic mass is 10.1. The first-order valence-corrected chi connectivity index (χ1v) is 10.9. The number of hydrogen-bond donors (Lipinski definition) is 0. The highest BCUT2D eigenvalue weighted by molar-refractivity contribution is 5.66. The molecule has 0 aliphatic rings. The quantitative estimate of drug-likeness (QED) is 0.161. The van der Waals surface area contributed by atoms with Gasteiger partial charge in [-0.05, 0) is 70.8 Å². The number of benzene rings is 4. The van der Waals surface area contributed by atoms with Gasteiger partial charge in [0.05, 0.1) is 0 Å². The van der Waals surface area contributed by atoms with Gasteiger partial charge in [0.2, 0.25) is 6.79 Å². The summed E-state index contributed by atoms with van der Waals surface area (Å²) in [6.07, 6.45) is -10.0. The molecule has 39 heavy (non-hydrogen) atoms. The van der Waals surface area contributed by atoms with Crippen molar-refractivity contribution in [2.75, 3.05) is 6.79 Å². The van der Waals surface area contributed by atoms with Crippen LogP contribution in [0.4, 0.5) is 35.1 Å². The molecule has 0 saturated heterocycles. The largest absolute Gasteiger partial charge is 0.573 e. The van der Waals surface area contributed by atoms with E-state index in [9.17, 15) is 35.1 Å². The lowest BCUT2D eigenvalue weighted by molar-refractivity contribution is -0.276. The molecule has 204 valence electrons. The topological polar surface area (TPSA) is 36.9 Å². The summed E-state index contributed by atoms with van der Waals surface area (Å²) < 4.78 is 120. The molecule has 4 rings (SSSR count). The maximum absolute atomic E-state index is 14.0. The first-order chi connectivity index (χ1) is 18.4. The molecule has 4 aromatic rings. The van der Waals surface area contributed by atoms with E-state index in [1.165, 1.54) is 12.1 Å². The van der Waals surface area contributed by atoms with Crippen molar-refractivity contribution in [3.8, 4) is 45.3 Å². The third kappa shape index (κ3) is 7.76. The van der Waals surface area contributed by atoms with Crippen molar-refractivity contribution in [2.24, 2.45) is 0 Å². The van der Waals surface area contributed by atoms with E-state index < -0.39 is 35.9 Å². The van der Waals surface area contributed by atoms with Gasteiger partial charge in [-0.25, -0.2) is 8.78 Å². The van der Waals surface area contributed by atoms with Crippen LogP contribution in [0.15, 0.2) is 84.9 Å². The summed E-state index contributed by atoms with van der Waals surface area (Å²) in [7, 11) is 0. The average Bonchev–Trinajstić information content (AvgIpc) is 2.86. The molecule has 0 radical (unpaired) electrons. The molecule has 12 heteroatoms. The standard InChI is InChI=1S/C27H16F8O4/c28-22-13-18(5-11-24(22)38-26(30,31)32)16-1-7-20(8-2-16)36-15-37-21-9-3-17(4-10-21)19-6-12-25(23(29)14-19)39-27(33,34)35/h1-14H,15H2. The molecule has 0 spiro atoms. The monoisotopic (exact) mass is 556 g/mol. The third-order valence-corrected chi connectivity index (χ3v) is 5.14.